The molecule has 4 N–H and O–H groups in total. The van der Waals surface area contributed by atoms with Gasteiger partial charge >= 0.3 is 0 Å². The lowest BCUT2D eigenvalue weighted by Crippen LogP contribution is -2.32. The van der Waals surface area contributed by atoms with E-state index in [0.717, 1.165) is 31.4 Å². The van der Waals surface area contributed by atoms with Crippen molar-refractivity contribution in [1.29, 1.82) is 0 Å². The van der Waals surface area contributed by atoms with Crippen molar-refractivity contribution in [3.63, 3.8) is 0 Å². The first kappa shape index (κ1) is 28.1. The van der Waals surface area contributed by atoms with Crippen LogP contribution in [-0.4, -0.2) is 54.7 Å². The second-order valence-electron chi connectivity index (χ2n) is 9.47. The van der Waals surface area contributed by atoms with Crippen LogP contribution in [0.1, 0.15) is 37.8 Å². The van der Waals surface area contributed by atoms with E-state index in [-0.39, 0.29) is 35.0 Å². The third kappa shape index (κ3) is 6.93. The molecule has 3 aromatic rings. The van der Waals surface area contributed by atoms with Crippen molar-refractivity contribution < 1.29 is 18.3 Å². The number of aliphatic hydroxyl groups is 1. The zero-order chi connectivity index (χ0) is 27.1. The number of fused-ring (bicyclic) bond motifs is 1. The Bertz CT molecular complexity index is 1350. The van der Waals surface area contributed by atoms with E-state index in [9.17, 15) is 8.42 Å². The number of benzene rings is 2. The van der Waals surface area contributed by atoms with E-state index in [1.54, 1.807) is 38.1 Å². The van der Waals surface area contributed by atoms with Crippen molar-refractivity contribution in [3.05, 3.63) is 64.8 Å². The Labute approximate surface area is 228 Å². The van der Waals surface area contributed by atoms with Crippen LogP contribution in [0.4, 0.5) is 17.5 Å². The van der Waals surface area contributed by atoms with E-state index in [4.69, 9.17) is 21.4 Å². The standard InChI is InChI=1S/C27H34ClN5O4S/c1-18(2)38(35,36)25-9-4-3-8-24(25)32-26-23(28)16-30-27(33-26)31-17-37-22-11-10-20-14-21(29-12-13-34)7-5-6-19(20)15-22/h3-4,8-11,15-16,18,21,29,34H,5-7,12-14,17H2,1-2H3,(H2,30,31,32,33). The van der Waals surface area contributed by atoms with Crippen molar-refractivity contribution in [1.82, 2.24) is 15.3 Å². The van der Waals surface area contributed by atoms with Crippen LogP contribution in [0.25, 0.3) is 0 Å². The fourth-order valence-corrected chi connectivity index (χ4v) is 5.74. The molecule has 4 rings (SSSR count). The smallest absolute Gasteiger partial charge is 0.227 e. The first-order chi connectivity index (χ1) is 18.3. The fourth-order valence-electron chi connectivity index (χ4n) is 4.40. The van der Waals surface area contributed by atoms with Crippen LogP contribution in [0.5, 0.6) is 5.75 Å². The summed E-state index contributed by atoms with van der Waals surface area (Å²) in [4.78, 5) is 8.81. The molecule has 0 spiro atoms. The monoisotopic (exact) mass is 559 g/mol. The number of hydrogen-bond donors (Lipinski definition) is 4. The third-order valence-corrected chi connectivity index (χ3v) is 8.95. The van der Waals surface area contributed by atoms with Gasteiger partial charge in [-0.2, -0.15) is 4.98 Å². The molecule has 1 aromatic heterocycles. The Morgan fingerprint density at radius 1 is 1.18 bits per heavy atom. The molecule has 1 atom stereocenters. The van der Waals surface area contributed by atoms with Crippen LogP contribution >= 0.6 is 11.6 Å². The summed E-state index contributed by atoms with van der Waals surface area (Å²) < 4.78 is 31.5. The Kier molecular flexibility index (Phi) is 9.43. The second-order valence-corrected chi connectivity index (χ2v) is 12.4. The van der Waals surface area contributed by atoms with Gasteiger partial charge in [-0.1, -0.05) is 29.8 Å². The van der Waals surface area contributed by atoms with Gasteiger partial charge in [0.15, 0.2) is 22.4 Å². The molecular weight excluding hydrogens is 526 g/mol. The minimum absolute atomic E-state index is 0.138. The highest BCUT2D eigenvalue weighted by Crippen LogP contribution is 2.30. The summed E-state index contributed by atoms with van der Waals surface area (Å²) in [6, 6.07) is 13.2. The highest BCUT2D eigenvalue weighted by atomic mass is 35.5. The quantitative estimate of drug-likeness (QED) is 0.200. The summed E-state index contributed by atoms with van der Waals surface area (Å²) >= 11 is 6.31. The van der Waals surface area contributed by atoms with E-state index in [0.29, 0.717) is 18.3 Å². The van der Waals surface area contributed by atoms with Gasteiger partial charge in [-0.05, 0) is 74.9 Å². The maximum atomic E-state index is 12.8. The number of aromatic nitrogens is 2. The predicted octanol–water partition coefficient (Wildman–Crippen LogP) is 4.33. The SMILES string of the molecule is CC(C)S(=O)(=O)c1ccccc1Nc1nc(NCOc2ccc3c(c2)CCCC(NCCO)C3)ncc1Cl. The summed E-state index contributed by atoms with van der Waals surface area (Å²) in [6.45, 7) is 4.18. The highest BCUT2D eigenvalue weighted by Gasteiger charge is 2.23. The molecule has 0 radical (unpaired) electrons. The maximum absolute atomic E-state index is 12.8. The van der Waals surface area contributed by atoms with Gasteiger partial charge in [-0.15, -0.1) is 0 Å². The van der Waals surface area contributed by atoms with Gasteiger partial charge in [-0.25, -0.2) is 13.4 Å². The molecule has 0 saturated heterocycles. The van der Waals surface area contributed by atoms with Crippen molar-refractivity contribution in [2.24, 2.45) is 0 Å². The zero-order valence-corrected chi connectivity index (χ0v) is 23.1. The van der Waals surface area contributed by atoms with Crippen LogP contribution < -0.4 is 20.7 Å². The number of sulfone groups is 1. The Balaban J connectivity index is 1.40. The highest BCUT2D eigenvalue weighted by molar-refractivity contribution is 7.92. The number of nitrogens with one attached hydrogen (secondary N) is 3. The van der Waals surface area contributed by atoms with Crippen LogP contribution in [0.15, 0.2) is 53.6 Å². The summed E-state index contributed by atoms with van der Waals surface area (Å²) in [7, 11) is -3.51. The molecule has 0 amide bonds. The maximum Gasteiger partial charge on any atom is 0.227 e. The van der Waals surface area contributed by atoms with E-state index in [1.165, 1.54) is 17.3 Å². The van der Waals surface area contributed by atoms with Gasteiger partial charge in [0.25, 0.3) is 0 Å². The van der Waals surface area contributed by atoms with Crippen LogP contribution in [0.2, 0.25) is 5.02 Å². The predicted molar refractivity (Wildman–Crippen MR) is 150 cm³/mol. The van der Waals surface area contributed by atoms with Gasteiger partial charge in [0.05, 0.1) is 28.6 Å². The van der Waals surface area contributed by atoms with Gasteiger partial charge < -0.3 is 25.8 Å². The Morgan fingerprint density at radius 3 is 2.79 bits per heavy atom. The van der Waals surface area contributed by atoms with Crippen molar-refractivity contribution in [3.8, 4) is 5.75 Å². The molecule has 0 aliphatic heterocycles. The summed E-state index contributed by atoms with van der Waals surface area (Å²) in [5.74, 6) is 1.32. The fraction of sp³-hybridized carbons (Fsp3) is 0.407. The molecule has 0 fully saturated rings. The molecule has 1 unspecified atom stereocenters. The van der Waals surface area contributed by atoms with Crippen LogP contribution in [0.3, 0.4) is 0 Å². The lowest BCUT2D eigenvalue weighted by molar-refractivity contribution is 0.281. The largest absolute Gasteiger partial charge is 0.473 e. The minimum atomic E-state index is -3.51. The average Bonchev–Trinajstić information content (AvgIpc) is 3.11. The van der Waals surface area contributed by atoms with Gasteiger partial charge in [0, 0.05) is 12.6 Å². The van der Waals surface area contributed by atoms with Crippen molar-refractivity contribution in [2.75, 3.05) is 30.5 Å². The van der Waals surface area contributed by atoms with Gasteiger partial charge in [-0.3, -0.25) is 0 Å². The number of hydrogen-bond acceptors (Lipinski definition) is 9. The molecule has 1 aliphatic rings. The third-order valence-electron chi connectivity index (χ3n) is 6.47. The number of para-hydroxylation sites is 1. The zero-order valence-electron chi connectivity index (χ0n) is 21.6. The number of aliphatic hydroxyl groups excluding tert-OH is 1. The van der Waals surface area contributed by atoms with Crippen LogP contribution in [-0.2, 0) is 22.7 Å². The van der Waals surface area contributed by atoms with Gasteiger partial charge in [0.1, 0.15) is 10.8 Å². The summed E-state index contributed by atoms with van der Waals surface area (Å²) in [5, 5.41) is 18.3. The molecule has 38 heavy (non-hydrogen) atoms. The topological polar surface area (TPSA) is 125 Å². The molecule has 204 valence electrons. The lowest BCUT2D eigenvalue weighted by Gasteiger charge is -2.16. The summed E-state index contributed by atoms with van der Waals surface area (Å²) in [6.07, 6.45) is 5.52. The van der Waals surface area contributed by atoms with E-state index in [1.807, 2.05) is 6.07 Å². The average molecular weight is 560 g/mol. The second kappa shape index (κ2) is 12.8. The molecular formula is C27H34ClN5O4S. The number of rotatable bonds is 11. The number of ether oxygens (including phenoxy) is 1. The van der Waals surface area contributed by atoms with E-state index in [2.05, 4.69) is 38.1 Å². The number of halogens is 1. The van der Waals surface area contributed by atoms with Gasteiger partial charge in [0.2, 0.25) is 5.95 Å². The molecule has 2 aromatic carbocycles. The van der Waals surface area contributed by atoms with Crippen LogP contribution in [0, 0.1) is 0 Å². The first-order valence-corrected chi connectivity index (χ1v) is 14.7. The first-order valence-electron chi connectivity index (χ1n) is 12.7. The molecule has 1 heterocycles. The minimum Gasteiger partial charge on any atom is -0.473 e. The Hall–Kier alpha value is -2.92. The van der Waals surface area contributed by atoms with E-state index >= 15 is 0 Å². The molecule has 9 nitrogen and oxygen atoms in total. The van der Waals surface area contributed by atoms with Crippen molar-refractivity contribution in [2.45, 2.75) is 55.7 Å². The number of aryl methyl sites for hydroxylation is 1. The number of anilines is 3. The van der Waals surface area contributed by atoms with E-state index < -0.39 is 15.1 Å². The van der Waals surface area contributed by atoms with Crippen molar-refractivity contribution >= 4 is 38.9 Å². The molecule has 1 aliphatic carbocycles. The Morgan fingerprint density at radius 2 is 2.00 bits per heavy atom. The lowest BCUT2D eigenvalue weighted by atomic mass is 10.0. The number of nitrogens with zero attached hydrogens (tertiary/aromatic N) is 2. The molecule has 11 heteroatoms. The molecule has 0 bridgehead atoms. The normalized spacial score (nSPS) is 15.6. The molecule has 0 saturated carbocycles. The summed E-state index contributed by atoms with van der Waals surface area (Å²) in [5.41, 5.74) is 2.97.